The van der Waals surface area contributed by atoms with Gasteiger partial charge >= 0.3 is 5.97 Å². The molecule has 0 N–H and O–H groups in total. The van der Waals surface area contributed by atoms with Crippen molar-refractivity contribution in [1.29, 1.82) is 0 Å². The summed E-state index contributed by atoms with van der Waals surface area (Å²) in [5, 5.41) is 3.32. The molecule has 0 amide bonds. The van der Waals surface area contributed by atoms with Gasteiger partial charge in [-0.25, -0.2) is 4.79 Å². The quantitative estimate of drug-likeness (QED) is 0.696. The monoisotopic (exact) mass is 313 g/mol. The smallest absolute Gasteiger partial charge is 0.355 e. The zero-order valence-corrected chi connectivity index (χ0v) is 13.1. The molecule has 0 saturated heterocycles. The van der Waals surface area contributed by atoms with Gasteiger partial charge in [-0.3, -0.25) is 4.79 Å². The second-order valence-electron chi connectivity index (χ2n) is 4.83. The SMILES string of the molecule is CCOC(=O)c1c(-c2cccs2)c2ccccc2c(=O)n1C. The molecule has 3 aromatic rings. The summed E-state index contributed by atoms with van der Waals surface area (Å²) in [5.41, 5.74) is 0.859. The molecule has 2 aromatic heterocycles. The van der Waals surface area contributed by atoms with Crippen LogP contribution in [0.5, 0.6) is 0 Å². The predicted octanol–water partition coefficient (Wildman–Crippen LogP) is 3.44. The summed E-state index contributed by atoms with van der Waals surface area (Å²) in [6.07, 6.45) is 0. The van der Waals surface area contributed by atoms with Crippen LogP contribution in [0.3, 0.4) is 0 Å². The van der Waals surface area contributed by atoms with Gasteiger partial charge in [0.2, 0.25) is 0 Å². The minimum atomic E-state index is -0.476. The number of pyridine rings is 1. The number of nitrogens with zero attached hydrogens (tertiary/aromatic N) is 1. The number of esters is 1. The van der Waals surface area contributed by atoms with Gasteiger partial charge < -0.3 is 9.30 Å². The Morgan fingerprint density at radius 3 is 2.55 bits per heavy atom. The van der Waals surface area contributed by atoms with Crippen LogP contribution in [0.4, 0.5) is 0 Å². The van der Waals surface area contributed by atoms with Crippen molar-refractivity contribution in [2.24, 2.45) is 7.05 Å². The molecule has 3 rings (SSSR count). The normalized spacial score (nSPS) is 10.8. The van der Waals surface area contributed by atoms with E-state index in [1.165, 1.54) is 15.9 Å². The summed E-state index contributed by atoms with van der Waals surface area (Å²) in [6.45, 7) is 2.02. The second-order valence-corrected chi connectivity index (χ2v) is 5.78. The minimum Gasteiger partial charge on any atom is -0.461 e. The third-order valence-electron chi connectivity index (χ3n) is 3.54. The Bertz CT molecular complexity index is 894. The van der Waals surface area contributed by atoms with Crippen molar-refractivity contribution in [3.63, 3.8) is 0 Å². The summed E-state index contributed by atoms with van der Waals surface area (Å²) in [5.74, 6) is -0.476. The number of carbonyl (C=O) groups excluding carboxylic acids is 1. The molecule has 2 heterocycles. The molecule has 0 fully saturated rings. The maximum absolute atomic E-state index is 12.5. The first-order valence-corrected chi connectivity index (χ1v) is 7.85. The molecular formula is C17H15NO3S. The van der Waals surface area contributed by atoms with E-state index in [-0.39, 0.29) is 12.2 Å². The molecule has 22 heavy (non-hydrogen) atoms. The summed E-state index contributed by atoms with van der Waals surface area (Å²) in [7, 11) is 1.61. The lowest BCUT2D eigenvalue weighted by atomic mass is 10.0. The van der Waals surface area contributed by atoms with Gasteiger partial charge in [0.15, 0.2) is 0 Å². The summed E-state index contributed by atoms with van der Waals surface area (Å²) in [4.78, 5) is 25.9. The highest BCUT2D eigenvalue weighted by Gasteiger charge is 2.22. The molecule has 5 heteroatoms. The first-order chi connectivity index (χ1) is 10.6. The molecule has 0 radical (unpaired) electrons. The van der Waals surface area contributed by atoms with E-state index in [0.29, 0.717) is 11.1 Å². The second kappa shape index (κ2) is 5.77. The number of hydrogen-bond acceptors (Lipinski definition) is 4. The number of rotatable bonds is 3. The van der Waals surface area contributed by atoms with Gasteiger partial charge in [0.25, 0.3) is 5.56 Å². The Morgan fingerprint density at radius 2 is 1.91 bits per heavy atom. The fourth-order valence-corrected chi connectivity index (χ4v) is 3.36. The highest BCUT2D eigenvalue weighted by Crippen LogP contribution is 2.33. The number of fused-ring (bicyclic) bond motifs is 1. The van der Waals surface area contributed by atoms with Gasteiger partial charge in [0, 0.05) is 22.9 Å². The van der Waals surface area contributed by atoms with Crippen LogP contribution in [0.1, 0.15) is 17.4 Å². The van der Waals surface area contributed by atoms with Gasteiger partial charge in [-0.1, -0.05) is 24.3 Å². The molecule has 0 spiro atoms. The molecule has 0 bridgehead atoms. The van der Waals surface area contributed by atoms with E-state index in [4.69, 9.17) is 4.74 Å². The Hall–Kier alpha value is -2.40. The van der Waals surface area contributed by atoms with Crippen LogP contribution in [0.2, 0.25) is 0 Å². The molecule has 1 aromatic carbocycles. The highest BCUT2D eigenvalue weighted by atomic mass is 32.1. The zero-order chi connectivity index (χ0) is 15.7. The zero-order valence-electron chi connectivity index (χ0n) is 12.3. The number of hydrogen-bond donors (Lipinski definition) is 0. The van der Waals surface area contributed by atoms with Crippen molar-refractivity contribution in [1.82, 2.24) is 4.57 Å². The first kappa shape index (κ1) is 14.5. The number of thiophene rings is 1. The third-order valence-corrected chi connectivity index (χ3v) is 4.43. The van der Waals surface area contributed by atoms with E-state index < -0.39 is 5.97 Å². The molecule has 0 aliphatic carbocycles. The van der Waals surface area contributed by atoms with Crippen molar-refractivity contribution in [2.75, 3.05) is 6.61 Å². The summed E-state index contributed by atoms with van der Waals surface area (Å²) >= 11 is 1.53. The average Bonchev–Trinajstić information content (AvgIpc) is 3.04. The highest BCUT2D eigenvalue weighted by molar-refractivity contribution is 7.13. The van der Waals surface area contributed by atoms with Gasteiger partial charge in [0.1, 0.15) is 5.69 Å². The van der Waals surface area contributed by atoms with Crippen molar-refractivity contribution >= 4 is 28.1 Å². The van der Waals surface area contributed by atoms with Crippen molar-refractivity contribution < 1.29 is 9.53 Å². The molecule has 4 nitrogen and oxygen atoms in total. The third kappa shape index (κ3) is 2.23. The molecule has 0 atom stereocenters. The lowest BCUT2D eigenvalue weighted by Gasteiger charge is -2.15. The Balaban J connectivity index is 2.47. The standard InChI is InChI=1S/C17H15NO3S/c1-3-21-17(20)15-14(13-9-6-10-22-13)11-7-4-5-8-12(11)16(19)18(15)2/h4-10H,3H2,1-2H3. The van der Waals surface area contributed by atoms with Crippen LogP contribution in [-0.2, 0) is 11.8 Å². The lowest BCUT2D eigenvalue weighted by Crippen LogP contribution is -2.25. The van der Waals surface area contributed by atoms with E-state index in [0.717, 1.165) is 15.8 Å². The van der Waals surface area contributed by atoms with Gasteiger partial charge in [-0.05, 0) is 29.8 Å². The van der Waals surface area contributed by atoms with Crippen molar-refractivity contribution in [3.8, 4) is 10.4 Å². The predicted molar refractivity (Wildman–Crippen MR) is 88.5 cm³/mol. The van der Waals surface area contributed by atoms with Crippen LogP contribution < -0.4 is 5.56 Å². The fourth-order valence-electron chi connectivity index (χ4n) is 2.57. The van der Waals surface area contributed by atoms with Crippen LogP contribution in [0.25, 0.3) is 21.2 Å². The largest absolute Gasteiger partial charge is 0.461 e. The Morgan fingerprint density at radius 1 is 1.18 bits per heavy atom. The summed E-state index contributed by atoms with van der Waals surface area (Å²) in [6, 6.07) is 11.2. The van der Waals surface area contributed by atoms with Gasteiger partial charge in [-0.15, -0.1) is 11.3 Å². The van der Waals surface area contributed by atoms with Crippen LogP contribution in [0.15, 0.2) is 46.6 Å². The number of ether oxygens (including phenoxy) is 1. The topological polar surface area (TPSA) is 48.3 Å². The van der Waals surface area contributed by atoms with Crippen LogP contribution in [-0.4, -0.2) is 17.1 Å². The van der Waals surface area contributed by atoms with Crippen LogP contribution >= 0.6 is 11.3 Å². The number of benzene rings is 1. The Kier molecular flexibility index (Phi) is 3.81. The molecular weight excluding hydrogens is 298 g/mol. The Labute approximate surface area is 131 Å². The van der Waals surface area contributed by atoms with Crippen molar-refractivity contribution in [2.45, 2.75) is 6.92 Å². The maximum atomic E-state index is 12.5. The van der Waals surface area contributed by atoms with Crippen molar-refractivity contribution in [3.05, 3.63) is 57.8 Å². The molecule has 0 unspecified atom stereocenters. The van der Waals surface area contributed by atoms with Gasteiger partial charge in [0.05, 0.1) is 6.61 Å². The van der Waals surface area contributed by atoms with E-state index in [1.807, 2.05) is 35.7 Å². The molecule has 0 saturated carbocycles. The maximum Gasteiger partial charge on any atom is 0.355 e. The lowest BCUT2D eigenvalue weighted by molar-refractivity contribution is 0.0515. The van der Waals surface area contributed by atoms with E-state index in [2.05, 4.69) is 0 Å². The molecule has 112 valence electrons. The summed E-state index contributed by atoms with van der Waals surface area (Å²) < 4.78 is 6.54. The van der Waals surface area contributed by atoms with Crippen LogP contribution in [0, 0.1) is 0 Å². The van der Waals surface area contributed by atoms with E-state index >= 15 is 0 Å². The number of aromatic nitrogens is 1. The van der Waals surface area contributed by atoms with E-state index in [9.17, 15) is 9.59 Å². The first-order valence-electron chi connectivity index (χ1n) is 6.98. The van der Waals surface area contributed by atoms with Gasteiger partial charge in [-0.2, -0.15) is 0 Å². The minimum absolute atomic E-state index is 0.195. The molecule has 0 aliphatic rings. The number of carbonyl (C=O) groups is 1. The molecule has 0 aliphatic heterocycles. The fraction of sp³-hybridized carbons (Fsp3) is 0.176. The average molecular weight is 313 g/mol. The van der Waals surface area contributed by atoms with E-state index in [1.54, 1.807) is 20.0 Å².